The Morgan fingerprint density at radius 3 is 2.64 bits per heavy atom. The van der Waals surface area contributed by atoms with Gasteiger partial charge in [0, 0.05) is 11.1 Å². The van der Waals surface area contributed by atoms with Gasteiger partial charge in [0.1, 0.15) is 5.75 Å². The number of phenolic OH excluding ortho intramolecular Hbond substituents is 1. The number of nitrogens with one attached hydrogen (secondary N) is 1. The number of hydrazone groups is 1. The molecule has 5 nitrogen and oxygen atoms in total. The minimum atomic E-state index is -0.406. The monoisotopic (exact) mass is 397 g/mol. The third kappa shape index (κ3) is 5.44. The van der Waals surface area contributed by atoms with Gasteiger partial charge in [0.2, 0.25) is 0 Å². The van der Waals surface area contributed by atoms with Gasteiger partial charge in [-0.2, -0.15) is 5.10 Å². The predicted octanol–water partition coefficient (Wildman–Crippen LogP) is 4.48. The topological polar surface area (TPSA) is 87.7 Å². The molecule has 0 heterocycles. The number of carbonyl (C=O) groups is 1. The van der Waals surface area contributed by atoms with Crippen LogP contribution in [0.25, 0.3) is 6.08 Å². The van der Waals surface area contributed by atoms with Crippen molar-refractivity contribution in [2.24, 2.45) is 10.8 Å². The summed E-state index contributed by atoms with van der Waals surface area (Å²) >= 11 is 5.82. The van der Waals surface area contributed by atoms with Crippen molar-refractivity contribution in [2.75, 3.05) is 0 Å². The van der Waals surface area contributed by atoms with Gasteiger partial charge in [0.15, 0.2) is 0 Å². The number of aromatic hydroxyl groups is 1. The second kappa shape index (κ2) is 9.04. The fraction of sp³-hybridized carbons (Fsp3) is 0.273. The Balaban J connectivity index is 1.62. The molecule has 2 aromatic carbocycles. The molecule has 0 aromatic heterocycles. The van der Waals surface area contributed by atoms with Gasteiger partial charge in [-0.15, -0.1) is 0 Å². The van der Waals surface area contributed by atoms with Crippen molar-refractivity contribution in [1.82, 2.24) is 5.43 Å². The van der Waals surface area contributed by atoms with E-state index in [1.807, 2.05) is 24.3 Å². The minimum Gasteiger partial charge on any atom is -0.506 e. The van der Waals surface area contributed by atoms with Gasteiger partial charge in [-0.1, -0.05) is 61.2 Å². The van der Waals surface area contributed by atoms with Crippen LogP contribution in [0.5, 0.6) is 5.75 Å². The Kier molecular flexibility index (Phi) is 6.49. The average Bonchev–Trinajstić information content (AvgIpc) is 2.69. The zero-order valence-electron chi connectivity index (χ0n) is 15.6. The molecule has 0 atom stereocenters. The lowest BCUT2D eigenvalue weighted by Gasteiger charge is -2.30. The molecule has 1 aliphatic rings. The molecule has 0 aliphatic heterocycles. The molecule has 0 spiro atoms. The van der Waals surface area contributed by atoms with Crippen LogP contribution < -0.4 is 11.2 Å². The maximum absolute atomic E-state index is 12.1. The van der Waals surface area contributed by atoms with E-state index in [2.05, 4.69) is 22.7 Å². The molecule has 0 unspecified atom stereocenters. The summed E-state index contributed by atoms with van der Waals surface area (Å²) in [5, 5.41) is 13.5. The van der Waals surface area contributed by atoms with E-state index in [0.717, 1.165) is 24.0 Å². The zero-order chi connectivity index (χ0) is 20.0. The van der Waals surface area contributed by atoms with Crippen LogP contribution in [0, 0.1) is 0 Å². The minimum absolute atomic E-state index is 0.0703. The molecule has 0 radical (unpaired) electrons. The lowest BCUT2D eigenvalue weighted by molar-refractivity contribution is 0.0955. The Labute approximate surface area is 169 Å². The SMILES string of the molecule is NC1(/C=C/c2cccc(/C=N/NC(=O)c3ccc(O)c(Cl)c3)c2)CCCCC1. The second-order valence-electron chi connectivity index (χ2n) is 7.16. The molecule has 0 saturated heterocycles. The van der Waals surface area contributed by atoms with E-state index >= 15 is 0 Å². The number of nitrogens with two attached hydrogens (primary N) is 1. The molecule has 1 fully saturated rings. The smallest absolute Gasteiger partial charge is 0.271 e. The number of benzene rings is 2. The molecule has 146 valence electrons. The van der Waals surface area contributed by atoms with Crippen LogP contribution in [0.4, 0.5) is 0 Å². The van der Waals surface area contributed by atoms with Gasteiger partial charge >= 0.3 is 0 Å². The van der Waals surface area contributed by atoms with Gasteiger partial charge in [-0.25, -0.2) is 5.43 Å². The Hall–Kier alpha value is -2.63. The maximum Gasteiger partial charge on any atom is 0.271 e. The molecule has 4 N–H and O–H groups in total. The lowest BCUT2D eigenvalue weighted by atomic mass is 9.82. The van der Waals surface area contributed by atoms with Gasteiger partial charge < -0.3 is 10.8 Å². The first-order valence-corrected chi connectivity index (χ1v) is 9.73. The highest BCUT2D eigenvalue weighted by Gasteiger charge is 2.23. The van der Waals surface area contributed by atoms with E-state index in [1.165, 1.54) is 37.5 Å². The van der Waals surface area contributed by atoms with Crippen molar-refractivity contribution in [1.29, 1.82) is 0 Å². The number of hydrogen-bond acceptors (Lipinski definition) is 4. The Morgan fingerprint density at radius 2 is 1.89 bits per heavy atom. The summed E-state index contributed by atoms with van der Waals surface area (Å²) in [6.45, 7) is 0. The van der Waals surface area contributed by atoms with Crippen LogP contribution in [0.2, 0.25) is 5.02 Å². The van der Waals surface area contributed by atoms with E-state index in [-0.39, 0.29) is 16.3 Å². The van der Waals surface area contributed by atoms with Crippen molar-refractivity contribution in [2.45, 2.75) is 37.6 Å². The first-order chi connectivity index (χ1) is 13.5. The number of nitrogens with zero attached hydrogens (tertiary/aromatic N) is 1. The van der Waals surface area contributed by atoms with Crippen molar-refractivity contribution in [3.63, 3.8) is 0 Å². The maximum atomic E-state index is 12.1. The molecular formula is C22H24ClN3O2. The molecule has 1 saturated carbocycles. The van der Waals surface area contributed by atoms with E-state index in [9.17, 15) is 9.90 Å². The van der Waals surface area contributed by atoms with Crippen molar-refractivity contribution < 1.29 is 9.90 Å². The molecule has 3 rings (SSSR count). The summed E-state index contributed by atoms with van der Waals surface area (Å²) in [6.07, 6.45) is 11.4. The van der Waals surface area contributed by atoms with Crippen molar-refractivity contribution in [3.05, 3.63) is 70.3 Å². The van der Waals surface area contributed by atoms with E-state index < -0.39 is 5.91 Å². The number of rotatable bonds is 5. The number of carbonyl (C=O) groups excluding carboxylic acids is 1. The highest BCUT2D eigenvalue weighted by atomic mass is 35.5. The van der Waals surface area contributed by atoms with Crippen LogP contribution >= 0.6 is 11.6 Å². The second-order valence-corrected chi connectivity index (χ2v) is 7.57. The molecule has 0 bridgehead atoms. The van der Waals surface area contributed by atoms with Gasteiger partial charge in [-0.3, -0.25) is 4.79 Å². The van der Waals surface area contributed by atoms with Gasteiger partial charge in [0.25, 0.3) is 5.91 Å². The third-order valence-electron chi connectivity index (χ3n) is 4.89. The molecule has 1 amide bonds. The summed E-state index contributed by atoms with van der Waals surface area (Å²) in [7, 11) is 0. The Bertz CT molecular complexity index is 902. The highest BCUT2D eigenvalue weighted by molar-refractivity contribution is 6.32. The molecule has 1 aliphatic carbocycles. The number of phenols is 1. The fourth-order valence-electron chi connectivity index (χ4n) is 3.26. The van der Waals surface area contributed by atoms with E-state index in [1.54, 1.807) is 6.21 Å². The predicted molar refractivity (Wildman–Crippen MR) is 114 cm³/mol. The summed E-state index contributed by atoms with van der Waals surface area (Å²) in [6, 6.07) is 12.1. The zero-order valence-corrected chi connectivity index (χ0v) is 16.3. The summed E-state index contributed by atoms with van der Waals surface area (Å²) in [4.78, 5) is 12.1. The van der Waals surface area contributed by atoms with Crippen LogP contribution in [-0.4, -0.2) is 22.8 Å². The highest BCUT2D eigenvalue weighted by Crippen LogP contribution is 2.27. The first kappa shape index (κ1) is 20.1. The van der Waals surface area contributed by atoms with Crippen LogP contribution in [0.1, 0.15) is 53.6 Å². The number of halogens is 1. The number of hydrogen-bond donors (Lipinski definition) is 3. The summed E-state index contributed by atoms with van der Waals surface area (Å²) < 4.78 is 0. The van der Waals surface area contributed by atoms with E-state index in [0.29, 0.717) is 5.56 Å². The average molecular weight is 398 g/mol. The van der Waals surface area contributed by atoms with Gasteiger partial charge in [-0.05, 0) is 48.2 Å². The normalized spacial score (nSPS) is 16.5. The quantitative estimate of drug-likeness (QED) is 0.513. The summed E-state index contributed by atoms with van der Waals surface area (Å²) in [5.41, 5.74) is 10.9. The Morgan fingerprint density at radius 1 is 1.14 bits per heavy atom. The van der Waals surface area contributed by atoms with Crippen molar-refractivity contribution in [3.8, 4) is 5.75 Å². The summed E-state index contributed by atoms with van der Waals surface area (Å²) in [5.74, 6) is -0.476. The molecule has 6 heteroatoms. The standard InChI is InChI=1S/C22H24ClN3O2/c23-19-14-18(7-8-20(19)27)21(28)26-25-15-17-6-4-5-16(13-17)9-12-22(24)10-2-1-3-11-22/h4-9,12-15,27H,1-3,10-11,24H2,(H,26,28)/b12-9+,25-15+. The third-order valence-corrected chi connectivity index (χ3v) is 5.20. The lowest BCUT2D eigenvalue weighted by Crippen LogP contribution is -2.39. The molecule has 28 heavy (non-hydrogen) atoms. The van der Waals surface area contributed by atoms with Crippen LogP contribution in [0.3, 0.4) is 0 Å². The molecule has 2 aromatic rings. The van der Waals surface area contributed by atoms with Gasteiger partial charge in [0.05, 0.1) is 11.2 Å². The number of amides is 1. The first-order valence-electron chi connectivity index (χ1n) is 9.35. The van der Waals surface area contributed by atoms with Crippen LogP contribution in [0.15, 0.2) is 53.6 Å². The van der Waals surface area contributed by atoms with Crippen LogP contribution in [-0.2, 0) is 0 Å². The van der Waals surface area contributed by atoms with E-state index in [4.69, 9.17) is 17.3 Å². The molecular weight excluding hydrogens is 374 g/mol. The van der Waals surface area contributed by atoms with Crippen molar-refractivity contribution >= 4 is 29.8 Å². The fourth-order valence-corrected chi connectivity index (χ4v) is 3.44. The largest absolute Gasteiger partial charge is 0.506 e.